The molecule has 1 aromatic rings. The van der Waals surface area contributed by atoms with E-state index in [2.05, 4.69) is 15.3 Å². The zero-order chi connectivity index (χ0) is 9.42. The number of fused-ring (bicyclic) bond motifs is 1. The van der Waals surface area contributed by atoms with Crippen molar-refractivity contribution in [1.29, 1.82) is 0 Å². The van der Waals surface area contributed by atoms with Crippen LogP contribution < -0.4 is 0 Å². The van der Waals surface area contributed by atoms with Gasteiger partial charge in [0.1, 0.15) is 11.6 Å². The summed E-state index contributed by atoms with van der Waals surface area (Å²) < 4.78 is 1.47. The van der Waals surface area contributed by atoms with Crippen molar-refractivity contribution in [3.8, 4) is 0 Å². The van der Waals surface area contributed by atoms with E-state index in [1.807, 2.05) is 0 Å². The zero-order valence-corrected chi connectivity index (χ0v) is 7.52. The Morgan fingerprint density at radius 1 is 1.77 bits per heavy atom. The zero-order valence-electron chi connectivity index (χ0n) is 6.71. The fraction of sp³-hybridized carbons (Fsp3) is 0.333. The Balaban J connectivity index is 2.40. The number of thioether (sulfide) groups is 1. The lowest BCUT2D eigenvalue weighted by atomic mass is 10.3. The second-order valence-electron chi connectivity index (χ2n) is 2.54. The minimum Gasteiger partial charge on any atom is -0.480 e. The molecule has 0 amide bonds. The Hall–Kier alpha value is -1.37. The van der Waals surface area contributed by atoms with Gasteiger partial charge in [-0.2, -0.15) is 9.78 Å². The van der Waals surface area contributed by atoms with E-state index in [0.717, 1.165) is 11.8 Å². The van der Waals surface area contributed by atoms with Crippen LogP contribution in [0.4, 0.5) is 0 Å². The predicted molar refractivity (Wildman–Crippen MR) is 45.8 cm³/mol. The average molecular weight is 198 g/mol. The molecule has 6 nitrogen and oxygen atoms in total. The van der Waals surface area contributed by atoms with Crippen LogP contribution in [0.15, 0.2) is 16.6 Å². The van der Waals surface area contributed by atoms with Crippen molar-refractivity contribution in [3.05, 3.63) is 6.33 Å². The van der Waals surface area contributed by atoms with Crippen LogP contribution in [0.2, 0.25) is 0 Å². The van der Waals surface area contributed by atoms with Crippen molar-refractivity contribution in [3.63, 3.8) is 0 Å². The fourth-order valence-electron chi connectivity index (χ4n) is 1.01. The summed E-state index contributed by atoms with van der Waals surface area (Å²) in [7, 11) is 0. The standard InChI is InChI=1S/C6H6N4O2S/c1-3-4(5(11)12)13-6-8-7-2-10(6)9-3/h2,4H,1H3,(H,11,12)/t4-/m1/s1. The molecule has 2 heterocycles. The molecular weight excluding hydrogens is 192 g/mol. The van der Waals surface area contributed by atoms with Gasteiger partial charge in [-0.15, -0.1) is 10.2 Å². The highest BCUT2D eigenvalue weighted by atomic mass is 32.2. The number of aromatic nitrogens is 3. The van der Waals surface area contributed by atoms with Gasteiger partial charge in [0.2, 0.25) is 5.16 Å². The number of hydrogen-bond donors (Lipinski definition) is 1. The molecule has 0 saturated heterocycles. The van der Waals surface area contributed by atoms with Gasteiger partial charge in [-0.25, -0.2) is 0 Å². The largest absolute Gasteiger partial charge is 0.480 e. The first-order chi connectivity index (χ1) is 6.18. The highest BCUT2D eigenvalue weighted by Gasteiger charge is 2.28. The monoisotopic (exact) mass is 198 g/mol. The van der Waals surface area contributed by atoms with Gasteiger partial charge in [0.05, 0.1) is 5.71 Å². The summed E-state index contributed by atoms with van der Waals surface area (Å²) in [5.41, 5.74) is 0.546. The molecule has 0 radical (unpaired) electrons. The summed E-state index contributed by atoms with van der Waals surface area (Å²) in [6.45, 7) is 1.68. The first-order valence-electron chi connectivity index (χ1n) is 3.53. The van der Waals surface area contributed by atoms with Crippen molar-refractivity contribution in [2.24, 2.45) is 5.10 Å². The van der Waals surface area contributed by atoms with Crippen molar-refractivity contribution < 1.29 is 9.90 Å². The van der Waals surface area contributed by atoms with Gasteiger partial charge in [0.15, 0.2) is 0 Å². The van der Waals surface area contributed by atoms with E-state index >= 15 is 0 Å². The summed E-state index contributed by atoms with van der Waals surface area (Å²) >= 11 is 1.14. The average Bonchev–Trinajstić information content (AvgIpc) is 2.48. The topological polar surface area (TPSA) is 80.4 Å². The molecule has 1 atom stereocenters. The number of carboxylic acids is 1. The van der Waals surface area contributed by atoms with Gasteiger partial charge in [0.25, 0.3) is 0 Å². The quantitative estimate of drug-likeness (QED) is 0.690. The third-order valence-electron chi connectivity index (χ3n) is 1.59. The first-order valence-corrected chi connectivity index (χ1v) is 4.41. The van der Waals surface area contributed by atoms with Crippen molar-refractivity contribution >= 4 is 23.4 Å². The maximum Gasteiger partial charge on any atom is 0.322 e. The lowest BCUT2D eigenvalue weighted by Gasteiger charge is -2.15. The number of carboxylic acid groups (broad SMARTS) is 1. The van der Waals surface area contributed by atoms with E-state index in [0.29, 0.717) is 10.9 Å². The maximum absolute atomic E-state index is 10.7. The Kier molecular flexibility index (Phi) is 1.80. The lowest BCUT2D eigenvalue weighted by molar-refractivity contribution is -0.135. The van der Waals surface area contributed by atoms with Crippen LogP contribution in [0.1, 0.15) is 6.92 Å². The van der Waals surface area contributed by atoms with E-state index in [1.54, 1.807) is 6.92 Å². The number of rotatable bonds is 1. The van der Waals surface area contributed by atoms with E-state index in [1.165, 1.54) is 11.0 Å². The fourth-order valence-corrected chi connectivity index (χ4v) is 1.83. The second kappa shape index (κ2) is 2.84. The molecule has 1 aliphatic heterocycles. The van der Waals surface area contributed by atoms with E-state index < -0.39 is 11.2 Å². The number of hydrogen-bond acceptors (Lipinski definition) is 5. The van der Waals surface area contributed by atoms with Crippen molar-refractivity contribution in [1.82, 2.24) is 14.9 Å². The third kappa shape index (κ3) is 1.31. The molecule has 1 aliphatic rings. The lowest BCUT2D eigenvalue weighted by Crippen LogP contribution is -2.28. The second-order valence-corrected chi connectivity index (χ2v) is 3.61. The molecule has 0 spiro atoms. The van der Waals surface area contributed by atoms with Gasteiger partial charge in [-0.1, -0.05) is 11.8 Å². The van der Waals surface area contributed by atoms with Crippen LogP contribution in [-0.2, 0) is 4.79 Å². The molecule has 1 aromatic heterocycles. The smallest absolute Gasteiger partial charge is 0.322 e. The normalized spacial score (nSPS) is 20.7. The Bertz CT molecular complexity index is 386. The highest BCUT2D eigenvalue weighted by Crippen LogP contribution is 2.26. The van der Waals surface area contributed by atoms with Crippen LogP contribution in [0.3, 0.4) is 0 Å². The molecule has 0 fully saturated rings. The minimum absolute atomic E-state index is 0.512. The molecule has 1 N–H and O–H groups in total. The molecular formula is C6H6N4O2S. The Morgan fingerprint density at radius 3 is 3.23 bits per heavy atom. The van der Waals surface area contributed by atoms with Crippen LogP contribution in [0.5, 0.6) is 0 Å². The number of nitrogens with zero attached hydrogens (tertiary/aromatic N) is 4. The minimum atomic E-state index is -0.902. The van der Waals surface area contributed by atoms with Crippen LogP contribution in [0.25, 0.3) is 0 Å². The molecule has 0 aromatic carbocycles. The third-order valence-corrected chi connectivity index (χ3v) is 2.85. The Labute approximate surface area is 77.7 Å². The summed E-state index contributed by atoms with van der Waals surface area (Å²) in [5.74, 6) is -0.902. The molecule has 7 heteroatoms. The van der Waals surface area contributed by atoms with E-state index in [9.17, 15) is 4.79 Å². The molecule has 13 heavy (non-hydrogen) atoms. The molecule has 2 rings (SSSR count). The molecule has 0 unspecified atom stereocenters. The Morgan fingerprint density at radius 2 is 2.54 bits per heavy atom. The molecule has 0 bridgehead atoms. The van der Waals surface area contributed by atoms with Crippen molar-refractivity contribution in [2.45, 2.75) is 17.3 Å². The molecule has 68 valence electrons. The van der Waals surface area contributed by atoms with Gasteiger partial charge < -0.3 is 5.11 Å². The molecule has 0 saturated carbocycles. The van der Waals surface area contributed by atoms with Gasteiger partial charge in [-0.3, -0.25) is 4.79 Å². The van der Waals surface area contributed by atoms with Gasteiger partial charge in [0, 0.05) is 0 Å². The van der Waals surface area contributed by atoms with Crippen LogP contribution >= 0.6 is 11.8 Å². The summed E-state index contributed by atoms with van der Waals surface area (Å²) in [4.78, 5) is 10.7. The van der Waals surface area contributed by atoms with Gasteiger partial charge in [-0.05, 0) is 6.92 Å². The predicted octanol–water partition coefficient (Wildman–Crippen LogP) is 0.0610. The molecule has 0 aliphatic carbocycles. The van der Waals surface area contributed by atoms with E-state index in [-0.39, 0.29) is 0 Å². The van der Waals surface area contributed by atoms with Gasteiger partial charge >= 0.3 is 5.97 Å². The summed E-state index contributed by atoms with van der Waals surface area (Å²) in [6.07, 6.45) is 1.45. The highest BCUT2D eigenvalue weighted by molar-refractivity contribution is 8.01. The summed E-state index contributed by atoms with van der Waals surface area (Å²) in [5, 5.41) is 20.1. The van der Waals surface area contributed by atoms with Crippen molar-refractivity contribution in [2.75, 3.05) is 0 Å². The van der Waals surface area contributed by atoms with Crippen LogP contribution in [-0.4, -0.2) is 36.9 Å². The first kappa shape index (κ1) is 8.24. The number of carbonyl (C=O) groups is 1. The summed E-state index contributed by atoms with van der Waals surface area (Å²) in [6, 6.07) is 0. The van der Waals surface area contributed by atoms with Crippen LogP contribution in [0, 0.1) is 0 Å². The maximum atomic E-state index is 10.7. The SMILES string of the molecule is CC1=Nn2cnnc2S[C@H]1C(=O)O. The van der Waals surface area contributed by atoms with E-state index in [4.69, 9.17) is 5.11 Å². The number of aliphatic carboxylic acids is 1.